The van der Waals surface area contributed by atoms with Crippen LogP contribution < -0.4 is 14.8 Å². The van der Waals surface area contributed by atoms with Crippen LogP contribution in [0.3, 0.4) is 0 Å². The normalized spacial score (nSPS) is 13.1. The van der Waals surface area contributed by atoms with Crippen LogP contribution in [0.4, 0.5) is 5.69 Å². The molecule has 0 spiro atoms. The minimum Gasteiger partial charge on any atom is -0.486 e. The summed E-state index contributed by atoms with van der Waals surface area (Å²) in [5.74, 6) is 1.68. The van der Waals surface area contributed by atoms with Gasteiger partial charge in [-0.1, -0.05) is 18.2 Å². The lowest BCUT2D eigenvalue weighted by Crippen LogP contribution is -2.15. The smallest absolute Gasteiger partial charge is 0.161 e. The summed E-state index contributed by atoms with van der Waals surface area (Å²) in [5, 5.41) is 3.43. The van der Waals surface area contributed by atoms with Crippen LogP contribution in [-0.4, -0.2) is 13.2 Å². The Hall–Kier alpha value is -1.43. The van der Waals surface area contributed by atoms with Crippen molar-refractivity contribution in [3.05, 3.63) is 51.6 Å². The minimum absolute atomic E-state index is 0.625. The molecule has 1 N–H and O–H groups in total. The third-order valence-corrected chi connectivity index (χ3v) is 3.90. The lowest BCUT2D eigenvalue weighted by Gasteiger charge is -2.19. The van der Waals surface area contributed by atoms with E-state index in [1.165, 1.54) is 9.13 Å². The highest BCUT2D eigenvalue weighted by Crippen LogP contribution is 2.31. The molecule has 3 rings (SSSR count). The van der Waals surface area contributed by atoms with Gasteiger partial charge in [0, 0.05) is 15.8 Å². The van der Waals surface area contributed by atoms with Crippen molar-refractivity contribution in [2.24, 2.45) is 0 Å². The van der Waals surface area contributed by atoms with E-state index >= 15 is 0 Å². The SMILES string of the molecule is Ic1ccccc1NCc1ccc2c(c1)OCCO2. The molecule has 2 aromatic rings. The topological polar surface area (TPSA) is 30.5 Å². The zero-order chi connectivity index (χ0) is 13.1. The Balaban J connectivity index is 1.72. The van der Waals surface area contributed by atoms with Crippen LogP contribution in [0.5, 0.6) is 11.5 Å². The van der Waals surface area contributed by atoms with Gasteiger partial charge in [-0.3, -0.25) is 0 Å². The second kappa shape index (κ2) is 5.69. The first-order chi connectivity index (χ1) is 9.33. The first-order valence-electron chi connectivity index (χ1n) is 6.20. The van der Waals surface area contributed by atoms with Gasteiger partial charge in [-0.05, 0) is 52.4 Å². The molecule has 4 heteroatoms. The second-order valence-corrected chi connectivity index (χ2v) is 5.47. The molecule has 0 amide bonds. The summed E-state index contributed by atoms with van der Waals surface area (Å²) < 4.78 is 12.3. The third kappa shape index (κ3) is 2.94. The summed E-state index contributed by atoms with van der Waals surface area (Å²) >= 11 is 2.33. The summed E-state index contributed by atoms with van der Waals surface area (Å²) in [6.45, 7) is 2.03. The quantitative estimate of drug-likeness (QED) is 0.840. The van der Waals surface area contributed by atoms with Crippen LogP contribution in [0.15, 0.2) is 42.5 Å². The van der Waals surface area contributed by atoms with E-state index in [0.717, 1.165) is 23.7 Å². The van der Waals surface area contributed by atoms with Crippen LogP contribution in [0.1, 0.15) is 5.56 Å². The number of halogens is 1. The van der Waals surface area contributed by atoms with Gasteiger partial charge in [0.15, 0.2) is 11.5 Å². The molecular formula is C15H14INO2. The number of hydrogen-bond donors (Lipinski definition) is 1. The molecule has 1 aliphatic heterocycles. The highest BCUT2D eigenvalue weighted by molar-refractivity contribution is 14.1. The molecule has 19 heavy (non-hydrogen) atoms. The van der Waals surface area contributed by atoms with E-state index in [1.807, 2.05) is 24.3 Å². The van der Waals surface area contributed by atoms with E-state index in [4.69, 9.17) is 9.47 Å². The number of fused-ring (bicyclic) bond motifs is 1. The number of para-hydroxylation sites is 1. The van der Waals surface area contributed by atoms with Gasteiger partial charge in [-0.15, -0.1) is 0 Å². The maximum Gasteiger partial charge on any atom is 0.161 e. The molecule has 0 radical (unpaired) electrons. The Kier molecular flexibility index (Phi) is 3.77. The molecule has 1 aliphatic rings. The van der Waals surface area contributed by atoms with Crippen molar-refractivity contribution >= 4 is 28.3 Å². The van der Waals surface area contributed by atoms with Gasteiger partial charge < -0.3 is 14.8 Å². The zero-order valence-corrected chi connectivity index (χ0v) is 12.5. The molecule has 0 saturated heterocycles. The van der Waals surface area contributed by atoms with Crippen LogP contribution in [0.25, 0.3) is 0 Å². The molecule has 2 aromatic carbocycles. The Morgan fingerprint density at radius 3 is 2.63 bits per heavy atom. The standard InChI is InChI=1S/C15H14INO2/c16-12-3-1-2-4-13(12)17-10-11-5-6-14-15(9-11)19-8-7-18-14/h1-6,9,17H,7-8,10H2. The van der Waals surface area contributed by atoms with Crippen molar-refractivity contribution < 1.29 is 9.47 Å². The fourth-order valence-electron chi connectivity index (χ4n) is 2.00. The van der Waals surface area contributed by atoms with Gasteiger partial charge in [0.1, 0.15) is 13.2 Å². The van der Waals surface area contributed by atoms with E-state index in [1.54, 1.807) is 0 Å². The molecular weight excluding hydrogens is 353 g/mol. The van der Waals surface area contributed by atoms with Crippen LogP contribution in [-0.2, 0) is 6.54 Å². The average Bonchev–Trinajstić information content (AvgIpc) is 2.46. The fourth-order valence-corrected chi connectivity index (χ4v) is 2.58. The van der Waals surface area contributed by atoms with Crippen LogP contribution in [0, 0.1) is 3.57 Å². The highest BCUT2D eigenvalue weighted by atomic mass is 127. The van der Waals surface area contributed by atoms with Crippen LogP contribution in [0.2, 0.25) is 0 Å². The van der Waals surface area contributed by atoms with Gasteiger partial charge in [0.25, 0.3) is 0 Å². The molecule has 3 nitrogen and oxygen atoms in total. The van der Waals surface area contributed by atoms with Crippen molar-refractivity contribution in [2.75, 3.05) is 18.5 Å². The Labute approximate surface area is 126 Å². The van der Waals surface area contributed by atoms with E-state index in [2.05, 4.69) is 46.1 Å². The summed E-state index contributed by atoms with van der Waals surface area (Å²) in [7, 11) is 0. The molecule has 0 fully saturated rings. The van der Waals surface area contributed by atoms with E-state index in [-0.39, 0.29) is 0 Å². The minimum atomic E-state index is 0.625. The maximum atomic E-state index is 5.59. The number of anilines is 1. The number of ether oxygens (including phenoxy) is 2. The summed E-state index contributed by atoms with van der Waals surface area (Å²) in [6.07, 6.45) is 0. The second-order valence-electron chi connectivity index (χ2n) is 4.31. The third-order valence-electron chi connectivity index (χ3n) is 2.96. The predicted octanol–water partition coefficient (Wildman–Crippen LogP) is 3.67. The van der Waals surface area contributed by atoms with Crippen molar-refractivity contribution in [1.29, 1.82) is 0 Å². The fraction of sp³-hybridized carbons (Fsp3) is 0.200. The molecule has 0 atom stereocenters. The van der Waals surface area contributed by atoms with Gasteiger partial charge in [0.2, 0.25) is 0 Å². The number of rotatable bonds is 3. The Morgan fingerprint density at radius 1 is 1.00 bits per heavy atom. The maximum absolute atomic E-state index is 5.59. The molecule has 98 valence electrons. The largest absolute Gasteiger partial charge is 0.486 e. The summed E-state index contributed by atoms with van der Waals surface area (Å²) in [5.41, 5.74) is 2.34. The monoisotopic (exact) mass is 367 g/mol. The highest BCUT2D eigenvalue weighted by Gasteiger charge is 2.11. The van der Waals surface area contributed by atoms with E-state index in [9.17, 15) is 0 Å². The number of nitrogens with one attached hydrogen (secondary N) is 1. The lowest BCUT2D eigenvalue weighted by atomic mass is 10.2. The zero-order valence-electron chi connectivity index (χ0n) is 10.4. The summed E-state index contributed by atoms with van der Waals surface area (Å²) in [6, 6.07) is 14.3. The Bertz CT molecular complexity index is 586. The summed E-state index contributed by atoms with van der Waals surface area (Å²) in [4.78, 5) is 0. The Morgan fingerprint density at radius 2 is 1.79 bits per heavy atom. The van der Waals surface area contributed by atoms with E-state index in [0.29, 0.717) is 13.2 Å². The van der Waals surface area contributed by atoms with Crippen molar-refractivity contribution in [2.45, 2.75) is 6.54 Å². The van der Waals surface area contributed by atoms with Gasteiger partial charge in [-0.25, -0.2) is 0 Å². The molecule has 0 unspecified atom stereocenters. The molecule has 0 aliphatic carbocycles. The lowest BCUT2D eigenvalue weighted by molar-refractivity contribution is 0.171. The van der Waals surface area contributed by atoms with Crippen molar-refractivity contribution in [3.63, 3.8) is 0 Å². The van der Waals surface area contributed by atoms with Crippen LogP contribution >= 0.6 is 22.6 Å². The van der Waals surface area contributed by atoms with Crippen molar-refractivity contribution in [1.82, 2.24) is 0 Å². The van der Waals surface area contributed by atoms with Gasteiger partial charge >= 0.3 is 0 Å². The van der Waals surface area contributed by atoms with Gasteiger partial charge in [-0.2, -0.15) is 0 Å². The first kappa shape index (κ1) is 12.6. The predicted molar refractivity (Wildman–Crippen MR) is 83.9 cm³/mol. The van der Waals surface area contributed by atoms with Crippen molar-refractivity contribution in [3.8, 4) is 11.5 Å². The molecule has 0 aromatic heterocycles. The molecule has 0 bridgehead atoms. The average molecular weight is 367 g/mol. The first-order valence-corrected chi connectivity index (χ1v) is 7.28. The molecule has 0 saturated carbocycles. The number of hydrogen-bond acceptors (Lipinski definition) is 3. The molecule has 1 heterocycles. The van der Waals surface area contributed by atoms with Gasteiger partial charge in [0.05, 0.1) is 0 Å². The van der Waals surface area contributed by atoms with E-state index < -0.39 is 0 Å². The number of benzene rings is 2.